The van der Waals surface area contributed by atoms with Gasteiger partial charge in [0, 0.05) is 6.54 Å². The topological polar surface area (TPSA) is 97.7 Å². The number of methoxy groups -OCH3 is 2. The molecule has 0 atom stereocenters. The second kappa shape index (κ2) is 9.10. The fraction of sp³-hybridized carbons (Fsp3) is 0.312. The number of ether oxygens (including phenoxy) is 3. The Morgan fingerprint density at radius 1 is 1.30 bits per heavy atom. The number of carbonyl (C=O) groups excluding carboxylic acids is 2. The van der Waals surface area contributed by atoms with Gasteiger partial charge in [-0.1, -0.05) is 6.07 Å². The van der Waals surface area contributed by atoms with Crippen LogP contribution in [0.25, 0.3) is 6.08 Å². The molecule has 0 aromatic heterocycles. The minimum atomic E-state index is -0.719. The van der Waals surface area contributed by atoms with Crippen molar-refractivity contribution < 1.29 is 23.8 Å². The monoisotopic (exact) mass is 318 g/mol. The number of carbonyl (C=O) groups is 2. The van der Waals surface area contributed by atoms with E-state index in [-0.39, 0.29) is 18.1 Å². The molecular formula is C16H18N2O5. The summed E-state index contributed by atoms with van der Waals surface area (Å²) in [6, 6.07) is 6.59. The summed E-state index contributed by atoms with van der Waals surface area (Å²) in [6.07, 6.45) is 1.38. The van der Waals surface area contributed by atoms with Gasteiger partial charge in [-0.05, 0) is 30.7 Å². The van der Waals surface area contributed by atoms with Crippen molar-refractivity contribution in [3.05, 3.63) is 29.3 Å². The van der Waals surface area contributed by atoms with Crippen molar-refractivity contribution in [2.24, 2.45) is 0 Å². The Hall–Kier alpha value is -3.01. The Balaban J connectivity index is 2.96. The third-order valence-electron chi connectivity index (χ3n) is 2.76. The van der Waals surface area contributed by atoms with Crippen LogP contribution < -0.4 is 14.8 Å². The van der Waals surface area contributed by atoms with Crippen LogP contribution in [-0.4, -0.2) is 39.2 Å². The summed E-state index contributed by atoms with van der Waals surface area (Å²) in [4.78, 5) is 22.8. The van der Waals surface area contributed by atoms with E-state index in [1.165, 1.54) is 20.3 Å². The fourth-order valence-corrected chi connectivity index (χ4v) is 1.70. The number of nitrogens with one attached hydrogen (secondary N) is 1. The van der Waals surface area contributed by atoms with Crippen molar-refractivity contribution in [3.8, 4) is 17.6 Å². The van der Waals surface area contributed by atoms with E-state index < -0.39 is 5.97 Å². The average Bonchev–Trinajstić information content (AvgIpc) is 2.57. The first kappa shape index (κ1) is 18.0. The van der Waals surface area contributed by atoms with Crippen molar-refractivity contribution in [1.82, 2.24) is 5.32 Å². The molecule has 1 rings (SSSR count). The van der Waals surface area contributed by atoms with Gasteiger partial charge in [0.15, 0.2) is 18.1 Å². The van der Waals surface area contributed by atoms with Crippen LogP contribution >= 0.6 is 0 Å². The molecule has 7 nitrogen and oxygen atoms in total. The van der Waals surface area contributed by atoms with E-state index in [9.17, 15) is 9.59 Å². The zero-order chi connectivity index (χ0) is 17.2. The summed E-state index contributed by atoms with van der Waals surface area (Å²) < 4.78 is 15.1. The number of hydrogen-bond acceptors (Lipinski definition) is 6. The third kappa shape index (κ3) is 5.36. The summed E-state index contributed by atoms with van der Waals surface area (Å²) >= 11 is 0. The van der Waals surface area contributed by atoms with Crippen LogP contribution in [0.3, 0.4) is 0 Å². The largest absolute Gasteiger partial charge is 0.493 e. The highest BCUT2D eigenvalue weighted by Crippen LogP contribution is 2.29. The molecule has 0 aliphatic heterocycles. The van der Waals surface area contributed by atoms with Crippen LogP contribution in [0.5, 0.6) is 11.5 Å². The first-order valence-corrected chi connectivity index (χ1v) is 6.83. The molecule has 0 saturated heterocycles. The van der Waals surface area contributed by atoms with E-state index >= 15 is 0 Å². The predicted octanol–water partition coefficient (Wildman–Crippen LogP) is 1.29. The van der Waals surface area contributed by atoms with Crippen molar-refractivity contribution in [3.63, 3.8) is 0 Å². The molecule has 0 bridgehead atoms. The summed E-state index contributed by atoms with van der Waals surface area (Å²) in [6.45, 7) is 2.20. The van der Waals surface area contributed by atoms with E-state index in [0.29, 0.717) is 23.6 Å². The summed E-state index contributed by atoms with van der Waals surface area (Å²) in [5.41, 5.74) is 0.430. The van der Waals surface area contributed by atoms with E-state index in [0.717, 1.165) is 0 Å². The first-order chi connectivity index (χ1) is 11.0. The summed E-state index contributed by atoms with van der Waals surface area (Å²) in [5.74, 6) is -0.198. The van der Waals surface area contributed by atoms with E-state index in [1.54, 1.807) is 24.3 Å². The molecular weight excluding hydrogens is 300 g/mol. The molecule has 1 aromatic carbocycles. The number of hydrogen-bond donors (Lipinski definition) is 1. The van der Waals surface area contributed by atoms with Gasteiger partial charge in [0.05, 0.1) is 14.2 Å². The fourth-order valence-electron chi connectivity index (χ4n) is 1.70. The van der Waals surface area contributed by atoms with Gasteiger partial charge in [0.1, 0.15) is 11.6 Å². The number of benzene rings is 1. The summed E-state index contributed by atoms with van der Waals surface area (Å²) in [5, 5.41) is 11.6. The van der Waals surface area contributed by atoms with Crippen LogP contribution in [0.1, 0.15) is 12.5 Å². The van der Waals surface area contributed by atoms with Gasteiger partial charge in [-0.2, -0.15) is 5.26 Å². The van der Waals surface area contributed by atoms with Crippen molar-refractivity contribution in [2.75, 3.05) is 27.4 Å². The maximum absolute atomic E-state index is 11.4. The lowest BCUT2D eigenvalue weighted by molar-refractivity contribution is -0.135. The van der Waals surface area contributed by atoms with Gasteiger partial charge >= 0.3 is 5.97 Å². The molecule has 0 aliphatic rings. The zero-order valence-electron chi connectivity index (χ0n) is 13.2. The number of rotatable bonds is 7. The van der Waals surface area contributed by atoms with Crippen LogP contribution in [0, 0.1) is 11.3 Å². The highest BCUT2D eigenvalue weighted by Gasteiger charge is 2.11. The van der Waals surface area contributed by atoms with Gasteiger partial charge in [-0.25, -0.2) is 4.79 Å². The highest BCUT2D eigenvalue weighted by molar-refractivity contribution is 5.97. The molecule has 0 radical (unpaired) electrons. The summed E-state index contributed by atoms with van der Waals surface area (Å²) in [7, 11) is 2.65. The van der Waals surface area contributed by atoms with Crippen LogP contribution in [0.4, 0.5) is 0 Å². The van der Waals surface area contributed by atoms with Gasteiger partial charge in [-0.15, -0.1) is 0 Å². The maximum Gasteiger partial charge on any atom is 0.348 e. The normalized spacial score (nSPS) is 10.4. The molecule has 7 heteroatoms. The molecule has 23 heavy (non-hydrogen) atoms. The Bertz CT molecular complexity index is 646. The maximum atomic E-state index is 11.4. The Morgan fingerprint density at radius 3 is 2.61 bits per heavy atom. The lowest BCUT2D eigenvalue weighted by atomic mass is 10.1. The molecule has 0 unspecified atom stereocenters. The predicted molar refractivity (Wildman–Crippen MR) is 82.8 cm³/mol. The smallest absolute Gasteiger partial charge is 0.348 e. The van der Waals surface area contributed by atoms with Crippen molar-refractivity contribution in [1.29, 1.82) is 5.26 Å². The lowest BCUT2D eigenvalue weighted by Gasteiger charge is -2.11. The van der Waals surface area contributed by atoms with E-state index in [4.69, 9.17) is 14.7 Å². The highest BCUT2D eigenvalue weighted by atomic mass is 16.5. The number of amides is 1. The van der Waals surface area contributed by atoms with Crippen LogP contribution in [0.2, 0.25) is 0 Å². The van der Waals surface area contributed by atoms with Gasteiger partial charge in [-0.3, -0.25) is 4.79 Å². The minimum Gasteiger partial charge on any atom is -0.493 e. The lowest BCUT2D eigenvalue weighted by Crippen LogP contribution is -2.28. The first-order valence-electron chi connectivity index (χ1n) is 6.83. The molecule has 0 saturated carbocycles. The Kier molecular flexibility index (Phi) is 7.14. The van der Waals surface area contributed by atoms with Gasteiger partial charge in [0.25, 0.3) is 5.91 Å². The Morgan fingerprint density at radius 2 is 2.04 bits per heavy atom. The van der Waals surface area contributed by atoms with Crippen LogP contribution in [-0.2, 0) is 14.3 Å². The standard InChI is InChI=1S/C16H18N2O5/c1-4-18-15(19)10-23-13-6-5-11(8-14(13)21-2)7-12(9-17)16(20)22-3/h5-8H,4,10H2,1-3H3,(H,18,19)/b12-7+. The molecule has 1 aromatic rings. The van der Waals surface area contributed by atoms with Crippen LogP contribution in [0.15, 0.2) is 23.8 Å². The van der Waals surface area contributed by atoms with Crippen molar-refractivity contribution >= 4 is 18.0 Å². The number of nitriles is 1. The Labute approximate surface area is 134 Å². The van der Waals surface area contributed by atoms with E-state index in [1.807, 2.05) is 6.92 Å². The second-order valence-electron chi connectivity index (χ2n) is 4.31. The number of likely N-dealkylation sites (N-methyl/N-ethyl adjacent to an activating group) is 1. The third-order valence-corrected chi connectivity index (χ3v) is 2.76. The average molecular weight is 318 g/mol. The molecule has 1 amide bonds. The van der Waals surface area contributed by atoms with Gasteiger partial charge in [0.2, 0.25) is 0 Å². The number of nitrogens with zero attached hydrogens (tertiary/aromatic N) is 1. The molecule has 0 fully saturated rings. The molecule has 1 N–H and O–H groups in total. The van der Waals surface area contributed by atoms with E-state index in [2.05, 4.69) is 10.1 Å². The molecule has 122 valence electrons. The van der Waals surface area contributed by atoms with Crippen molar-refractivity contribution in [2.45, 2.75) is 6.92 Å². The second-order valence-corrected chi connectivity index (χ2v) is 4.31. The quantitative estimate of drug-likeness (QED) is 0.462. The molecule has 0 heterocycles. The SMILES string of the molecule is CCNC(=O)COc1ccc(/C=C(\C#N)C(=O)OC)cc1OC. The number of esters is 1. The minimum absolute atomic E-state index is 0.134. The van der Waals surface area contributed by atoms with Gasteiger partial charge < -0.3 is 19.5 Å². The molecule has 0 spiro atoms. The zero-order valence-corrected chi connectivity index (χ0v) is 13.2. The molecule has 0 aliphatic carbocycles.